The first-order valence-electron chi connectivity index (χ1n) is 7.73. The van der Waals surface area contributed by atoms with Gasteiger partial charge < -0.3 is 10.1 Å². The number of anilines is 2. The van der Waals surface area contributed by atoms with E-state index >= 15 is 0 Å². The molecule has 2 N–H and O–H groups in total. The van der Waals surface area contributed by atoms with E-state index in [0.29, 0.717) is 17.2 Å². The molecule has 0 spiro atoms. The molecule has 1 aromatic heterocycles. The van der Waals surface area contributed by atoms with Crippen molar-refractivity contribution in [3.05, 3.63) is 64.8 Å². The van der Waals surface area contributed by atoms with Crippen molar-refractivity contribution in [1.82, 2.24) is 0 Å². The highest BCUT2D eigenvalue weighted by molar-refractivity contribution is 6.30. The highest BCUT2D eigenvalue weighted by Gasteiger charge is 2.14. The highest BCUT2D eigenvalue weighted by atomic mass is 35.5. The van der Waals surface area contributed by atoms with Gasteiger partial charge in [0.15, 0.2) is 5.69 Å². The predicted molar refractivity (Wildman–Crippen MR) is 95.9 cm³/mol. The van der Waals surface area contributed by atoms with Gasteiger partial charge in [0.25, 0.3) is 0 Å². The number of aromatic nitrogens is 1. The van der Waals surface area contributed by atoms with E-state index in [9.17, 15) is 4.79 Å². The molecule has 0 amide bonds. The molecule has 3 rings (SSSR count). The summed E-state index contributed by atoms with van der Waals surface area (Å²) in [5.74, 6) is -0.322. The maximum atomic E-state index is 12.0. The fraction of sp³-hybridized carbons (Fsp3) is 0.158. The Hall–Kier alpha value is -2.59. The summed E-state index contributed by atoms with van der Waals surface area (Å²) in [7, 11) is 0. The van der Waals surface area contributed by atoms with Crippen LogP contribution in [0, 0.1) is 6.92 Å². The lowest BCUT2D eigenvalue weighted by Crippen LogP contribution is -2.11. The van der Waals surface area contributed by atoms with Crippen LogP contribution in [0.2, 0.25) is 5.02 Å². The largest absolute Gasteiger partial charge is 0.462 e. The average molecular weight is 342 g/mol. The minimum atomic E-state index is -0.322. The van der Waals surface area contributed by atoms with Crippen LogP contribution in [-0.2, 0) is 4.74 Å². The first-order chi connectivity index (χ1) is 11.6. The second kappa shape index (κ2) is 6.89. The third-order valence-electron chi connectivity index (χ3n) is 3.64. The molecule has 2 aromatic carbocycles. The molecule has 122 valence electrons. The third-order valence-corrected chi connectivity index (χ3v) is 3.89. The number of ether oxygens (including phenoxy) is 1. The number of hydrogen-bond donors (Lipinski definition) is 1. The number of halogens is 1. The lowest BCUT2D eigenvalue weighted by atomic mass is 10.1. The van der Waals surface area contributed by atoms with E-state index in [1.807, 2.05) is 49.4 Å². The molecule has 0 fully saturated rings. The van der Waals surface area contributed by atoms with E-state index in [2.05, 4.69) is 10.3 Å². The molecule has 0 atom stereocenters. The fourth-order valence-corrected chi connectivity index (χ4v) is 2.68. The number of aromatic amines is 1. The Morgan fingerprint density at radius 1 is 1.17 bits per heavy atom. The van der Waals surface area contributed by atoms with Gasteiger partial charge in [0.05, 0.1) is 23.2 Å². The van der Waals surface area contributed by atoms with Crippen LogP contribution in [0.3, 0.4) is 0 Å². The monoisotopic (exact) mass is 341 g/mol. The Morgan fingerprint density at radius 3 is 2.62 bits per heavy atom. The number of nitrogens with one attached hydrogen (secondary N) is 2. The minimum absolute atomic E-state index is 0.322. The summed E-state index contributed by atoms with van der Waals surface area (Å²) in [6, 6.07) is 15.0. The first-order valence-corrected chi connectivity index (χ1v) is 8.11. The predicted octanol–water partition coefficient (Wildman–Crippen LogP) is 4.54. The van der Waals surface area contributed by atoms with Crippen molar-refractivity contribution >= 4 is 39.8 Å². The van der Waals surface area contributed by atoms with E-state index in [4.69, 9.17) is 16.3 Å². The number of carbonyl (C=O) groups is 1. The van der Waals surface area contributed by atoms with Gasteiger partial charge in [-0.2, -0.15) is 0 Å². The van der Waals surface area contributed by atoms with Gasteiger partial charge in [0.1, 0.15) is 0 Å². The van der Waals surface area contributed by atoms with E-state index in [1.165, 1.54) is 0 Å². The molecule has 0 saturated carbocycles. The van der Waals surface area contributed by atoms with Crippen LogP contribution in [0.4, 0.5) is 11.4 Å². The number of fused-ring (bicyclic) bond motifs is 1. The topological polar surface area (TPSA) is 52.5 Å². The molecular weight excluding hydrogens is 324 g/mol. The molecule has 0 saturated heterocycles. The number of hydrogen-bond acceptors (Lipinski definition) is 3. The van der Waals surface area contributed by atoms with Crippen LogP contribution in [0.1, 0.15) is 23.0 Å². The molecule has 24 heavy (non-hydrogen) atoms. The van der Waals surface area contributed by atoms with Crippen LogP contribution < -0.4 is 10.3 Å². The van der Waals surface area contributed by atoms with Crippen molar-refractivity contribution in [2.24, 2.45) is 0 Å². The van der Waals surface area contributed by atoms with Crippen LogP contribution in [-0.4, -0.2) is 12.6 Å². The van der Waals surface area contributed by atoms with Crippen LogP contribution in [0.25, 0.3) is 10.9 Å². The molecule has 0 radical (unpaired) electrons. The summed E-state index contributed by atoms with van der Waals surface area (Å²) in [6.45, 7) is 4.14. The standard InChI is InChI=1S/C19H17ClN2O2/c1-3-24-19(23)13-4-9-17-16(11-13)18(10-12(2)21-17)22-15-7-5-14(20)6-8-15/h4-11H,3H2,1-2H3,(H,21,22)/p+1. The second-order valence-electron chi connectivity index (χ2n) is 5.48. The zero-order valence-corrected chi connectivity index (χ0v) is 14.3. The summed E-state index contributed by atoms with van der Waals surface area (Å²) in [5.41, 5.74) is 4.32. The van der Waals surface area contributed by atoms with Crippen molar-refractivity contribution < 1.29 is 14.5 Å². The van der Waals surface area contributed by atoms with E-state index < -0.39 is 0 Å². The van der Waals surface area contributed by atoms with Crippen molar-refractivity contribution in [1.29, 1.82) is 0 Å². The zero-order valence-electron chi connectivity index (χ0n) is 13.5. The molecule has 5 heteroatoms. The summed E-state index contributed by atoms with van der Waals surface area (Å²) in [6.07, 6.45) is 0. The van der Waals surface area contributed by atoms with Gasteiger partial charge in [-0.05, 0) is 43.3 Å². The Labute approximate surface area is 145 Å². The molecule has 4 nitrogen and oxygen atoms in total. The number of pyridine rings is 1. The third kappa shape index (κ3) is 3.49. The van der Waals surface area contributed by atoms with Gasteiger partial charge >= 0.3 is 5.97 Å². The van der Waals surface area contributed by atoms with Crippen molar-refractivity contribution in [2.45, 2.75) is 13.8 Å². The number of aryl methyl sites for hydroxylation is 1. The number of rotatable bonds is 4. The lowest BCUT2D eigenvalue weighted by molar-refractivity contribution is -0.354. The van der Waals surface area contributed by atoms with Gasteiger partial charge in [-0.25, -0.2) is 9.78 Å². The van der Waals surface area contributed by atoms with Gasteiger partial charge in [-0.15, -0.1) is 0 Å². The van der Waals surface area contributed by atoms with Gasteiger partial charge in [0, 0.05) is 29.8 Å². The first kappa shape index (κ1) is 16.3. The summed E-state index contributed by atoms with van der Waals surface area (Å²) in [4.78, 5) is 15.3. The summed E-state index contributed by atoms with van der Waals surface area (Å²) < 4.78 is 5.09. The van der Waals surface area contributed by atoms with Crippen molar-refractivity contribution in [3.8, 4) is 0 Å². The van der Waals surface area contributed by atoms with Crippen LogP contribution >= 0.6 is 11.6 Å². The quantitative estimate of drug-likeness (QED) is 0.709. The molecule has 1 heterocycles. The summed E-state index contributed by atoms with van der Waals surface area (Å²) in [5, 5.41) is 4.99. The highest BCUT2D eigenvalue weighted by Crippen LogP contribution is 2.26. The van der Waals surface area contributed by atoms with Gasteiger partial charge in [-0.3, -0.25) is 0 Å². The zero-order chi connectivity index (χ0) is 17.1. The van der Waals surface area contributed by atoms with E-state index in [1.54, 1.807) is 13.0 Å². The smallest absolute Gasteiger partial charge is 0.338 e. The Bertz CT molecular complexity index is 892. The molecule has 0 aliphatic heterocycles. The Morgan fingerprint density at radius 2 is 1.92 bits per heavy atom. The number of H-pyrrole nitrogens is 1. The van der Waals surface area contributed by atoms with Crippen molar-refractivity contribution in [2.75, 3.05) is 11.9 Å². The number of carbonyl (C=O) groups excluding carboxylic acids is 1. The Balaban J connectivity index is 2.05. The van der Waals surface area contributed by atoms with Crippen LogP contribution in [0.15, 0.2) is 48.5 Å². The van der Waals surface area contributed by atoms with Crippen LogP contribution in [0.5, 0.6) is 0 Å². The molecule has 0 bridgehead atoms. The summed E-state index contributed by atoms with van der Waals surface area (Å²) >= 11 is 5.94. The molecule has 0 aliphatic rings. The molecule has 3 aromatic rings. The molecular formula is C19H18ClN2O2+. The van der Waals surface area contributed by atoms with E-state index in [0.717, 1.165) is 28.0 Å². The normalized spacial score (nSPS) is 10.6. The lowest BCUT2D eigenvalue weighted by Gasteiger charge is -2.09. The second-order valence-corrected chi connectivity index (χ2v) is 5.92. The number of benzene rings is 2. The number of esters is 1. The molecule has 0 aliphatic carbocycles. The minimum Gasteiger partial charge on any atom is -0.462 e. The Kier molecular flexibility index (Phi) is 4.67. The van der Waals surface area contributed by atoms with Crippen molar-refractivity contribution in [3.63, 3.8) is 0 Å². The maximum Gasteiger partial charge on any atom is 0.338 e. The average Bonchev–Trinajstić information content (AvgIpc) is 2.56. The molecule has 0 unspecified atom stereocenters. The van der Waals surface area contributed by atoms with E-state index in [-0.39, 0.29) is 5.97 Å². The van der Waals surface area contributed by atoms with Gasteiger partial charge in [-0.1, -0.05) is 11.6 Å². The SMILES string of the molecule is CCOC(=O)c1ccc2[nH+]c(C)cc(Nc3ccc(Cl)cc3)c2c1. The van der Waals surface area contributed by atoms with Gasteiger partial charge in [0.2, 0.25) is 5.52 Å². The fourth-order valence-electron chi connectivity index (χ4n) is 2.55. The maximum absolute atomic E-state index is 12.0.